The number of ether oxygens (including phenoxy) is 2. The molecule has 1 rings (SSSR count). The Bertz CT molecular complexity index is 448. The lowest BCUT2D eigenvalue weighted by molar-refractivity contribution is 0.0921. The molecular formula is C16H25NO4. The molecule has 0 heterocycles. The number of hydrogen-bond donors (Lipinski definition) is 2. The lowest BCUT2D eigenvalue weighted by atomic mass is 10.1. The molecule has 118 valence electrons. The van der Waals surface area contributed by atoms with Crippen molar-refractivity contribution in [2.75, 3.05) is 19.8 Å². The van der Waals surface area contributed by atoms with Gasteiger partial charge in [0.1, 0.15) is 0 Å². The highest BCUT2D eigenvalue weighted by atomic mass is 16.5. The Hall–Kier alpha value is -1.75. The highest BCUT2D eigenvalue weighted by molar-refractivity contribution is 5.95. The lowest BCUT2D eigenvalue weighted by Gasteiger charge is -2.15. The fourth-order valence-corrected chi connectivity index (χ4v) is 1.66. The van der Waals surface area contributed by atoms with Crippen molar-refractivity contribution in [1.82, 2.24) is 5.32 Å². The van der Waals surface area contributed by atoms with Gasteiger partial charge in [-0.1, -0.05) is 13.8 Å². The van der Waals surface area contributed by atoms with Gasteiger partial charge < -0.3 is 19.9 Å². The first-order valence-corrected chi connectivity index (χ1v) is 7.43. The van der Waals surface area contributed by atoms with Crippen LogP contribution < -0.4 is 14.8 Å². The summed E-state index contributed by atoms with van der Waals surface area (Å²) in [7, 11) is 0. The van der Waals surface area contributed by atoms with Crippen molar-refractivity contribution in [3.05, 3.63) is 23.8 Å². The molecule has 5 nitrogen and oxygen atoms in total. The summed E-state index contributed by atoms with van der Waals surface area (Å²) >= 11 is 0. The molecule has 0 saturated carbocycles. The van der Waals surface area contributed by atoms with E-state index in [1.807, 2.05) is 13.8 Å². The van der Waals surface area contributed by atoms with E-state index in [9.17, 15) is 4.79 Å². The molecule has 0 aromatic heterocycles. The Morgan fingerprint density at radius 1 is 1.19 bits per heavy atom. The van der Waals surface area contributed by atoms with Crippen molar-refractivity contribution in [2.45, 2.75) is 39.7 Å². The summed E-state index contributed by atoms with van der Waals surface area (Å²) in [6.07, 6.45) is 1.79. The van der Waals surface area contributed by atoms with Gasteiger partial charge in [0.25, 0.3) is 5.91 Å². The summed E-state index contributed by atoms with van der Waals surface area (Å²) in [6.45, 7) is 6.88. The zero-order chi connectivity index (χ0) is 15.7. The first-order valence-electron chi connectivity index (χ1n) is 7.43. The molecule has 21 heavy (non-hydrogen) atoms. The fraction of sp³-hybridized carbons (Fsp3) is 0.562. The van der Waals surface area contributed by atoms with Gasteiger partial charge in [-0.05, 0) is 38.0 Å². The number of amides is 1. The minimum absolute atomic E-state index is 0.0946. The van der Waals surface area contributed by atoms with Crippen LogP contribution in [-0.2, 0) is 0 Å². The molecule has 0 saturated heterocycles. The van der Waals surface area contributed by atoms with Crippen LogP contribution in [0.15, 0.2) is 18.2 Å². The number of aliphatic hydroxyl groups is 1. The standard InChI is InChI=1S/C16H25NO4/c1-4-8-20-14-7-6-13(10-15(14)21-9-5-2)16(19)17-12(3)11-18/h6-7,10,12,18H,4-5,8-9,11H2,1-3H3,(H,17,19). The van der Waals surface area contributed by atoms with Crippen molar-refractivity contribution >= 4 is 5.91 Å². The Kier molecular flexibility index (Phi) is 7.61. The summed E-state index contributed by atoms with van der Waals surface area (Å²) in [6, 6.07) is 4.84. The number of hydrogen-bond acceptors (Lipinski definition) is 4. The largest absolute Gasteiger partial charge is 0.490 e. The summed E-state index contributed by atoms with van der Waals surface area (Å²) in [5.74, 6) is 0.992. The second kappa shape index (κ2) is 9.23. The molecule has 0 radical (unpaired) electrons. The van der Waals surface area contributed by atoms with E-state index in [2.05, 4.69) is 5.32 Å². The number of aliphatic hydroxyl groups excluding tert-OH is 1. The lowest BCUT2D eigenvalue weighted by Crippen LogP contribution is -2.34. The third-order valence-corrected chi connectivity index (χ3v) is 2.78. The predicted molar refractivity (Wildman–Crippen MR) is 82.0 cm³/mol. The number of benzene rings is 1. The summed E-state index contributed by atoms with van der Waals surface area (Å²) < 4.78 is 11.3. The maximum Gasteiger partial charge on any atom is 0.251 e. The first-order chi connectivity index (χ1) is 10.1. The molecule has 1 atom stereocenters. The van der Waals surface area contributed by atoms with E-state index in [1.54, 1.807) is 25.1 Å². The molecule has 1 unspecified atom stereocenters. The Morgan fingerprint density at radius 2 is 1.81 bits per heavy atom. The van der Waals surface area contributed by atoms with Crippen molar-refractivity contribution in [1.29, 1.82) is 0 Å². The number of carbonyl (C=O) groups is 1. The quantitative estimate of drug-likeness (QED) is 0.734. The number of carbonyl (C=O) groups excluding carboxylic acids is 1. The predicted octanol–water partition coefficient (Wildman–Crippen LogP) is 2.37. The van der Waals surface area contributed by atoms with Gasteiger partial charge in [0, 0.05) is 11.6 Å². The summed E-state index contributed by atoms with van der Waals surface area (Å²) in [5.41, 5.74) is 0.491. The molecule has 2 N–H and O–H groups in total. The van der Waals surface area contributed by atoms with Crippen LogP contribution in [-0.4, -0.2) is 36.9 Å². The van der Waals surface area contributed by atoms with Crippen molar-refractivity contribution < 1.29 is 19.4 Å². The molecule has 0 aliphatic carbocycles. The molecular weight excluding hydrogens is 270 g/mol. The Morgan fingerprint density at radius 3 is 2.38 bits per heavy atom. The first kappa shape index (κ1) is 17.3. The van der Waals surface area contributed by atoms with Crippen LogP contribution in [0, 0.1) is 0 Å². The number of rotatable bonds is 9. The van der Waals surface area contributed by atoms with Gasteiger partial charge in [-0.15, -0.1) is 0 Å². The summed E-state index contributed by atoms with van der Waals surface area (Å²) in [5, 5.41) is 11.7. The SMILES string of the molecule is CCCOc1ccc(C(=O)NC(C)CO)cc1OCCC. The Balaban J connectivity index is 2.88. The smallest absolute Gasteiger partial charge is 0.251 e. The average Bonchev–Trinajstić information content (AvgIpc) is 2.50. The zero-order valence-electron chi connectivity index (χ0n) is 13.0. The van der Waals surface area contributed by atoms with Gasteiger partial charge in [-0.2, -0.15) is 0 Å². The maximum atomic E-state index is 12.0. The average molecular weight is 295 g/mol. The maximum absolute atomic E-state index is 12.0. The van der Waals surface area contributed by atoms with Crippen molar-refractivity contribution in [3.63, 3.8) is 0 Å². The topological polar surface area (TPSA) is 67.8 Å². The van der Waals surface area contributed by atoms with Crippen molar-refractivity contribution in [3.8, 4) is 11.5 Å². The van der Waals surface area contributed by atoms with E-state index in [1.165, 1.54) is 0 Å². The molecule has 5 heteroatoms. The fourth-order valence-electron chi connectivity index (χ4n) is 1.66. The van der Waals surface area contributed by atoms with E-state index in [-0.39, 0.29) is 18.6 Å². The monoisotopic (exact) mass is 295 g/mol. The van der Waals surface area contributed by atoms with Crippen LogP contribution in [0.3, 0.4) is 0 Å². The van der Waals surface area contributed by atoms with Crippen molar-refractivity contribution in [2.24, 2.45) is 0 Å². The van der Waals surface area contributed by atoms with Gasteiger partial charge >= 0.3 is 0 Å². The summed E-state index contributed by atoms with van der Waals surface area (Å²) in [4.78, 5) is 12.0. The molecule has 1 aromatic carbocycles. The molecule has 1 aromatic rings. The highest BCUT2D eigenvalue weighted by Crippen LogP contribution is 2.28. The van der Waals surface area contributed by atoms with Crippen LogP contribution in [0.2, 0.25) is 0 Å². The molecule has 0 aliphatic rings. The van der Waals surface area contributed by atoms with E-state index < -0.39 is 0 Å². The van der Waals surface area contributed by atoms with Crippen LogP contribution >= 0.6 is 0 Å². The van der Waals surface area contributed by atoms with Gasteiger partial charge in [-0.3, -0.25) is 4.79 Å². The second-order valence-corrected chi connectivity index (χ2v) is 4.92. The van der Waals surface area contributed by atoms with E-state index >= 15 is 0 Å². The normalized spacial score (nSPS) is 11.8. The minimum Gasteiger partial charge on any atom is -0.490 e. The Labute approximate surface area is 126 Å². The highest BCUT2D eigenvalue weighted by Gasteiger charge is 2.13. The molecule has 0 aliphatic heterocycles. The second-order valence-electron chi connectivity index (χ2n) is 4.92. The third kappa shape index (κ3) is 5.63. The molecule has 0 spiro atoms. The van der Waals surface area contributed by atoms with E-state index in [0.717, 1.165) is 12.8 Å². The van der Waals surface area contributed by atoms with E-state index in [0.29, 0.717) is 30.3 Å². The molecule has 0 fully saturated rings. The molecule has 1 amide bonds. The number of nitrogens with one attached hydrogen (secondary N) is 1. The minimum atomic E-state index is -0.284. The van der Waals surface area contributed by atoms with Crippen LogP contribution in [0.5, 0.6) is 11.5 Å². The van der Waals surface area contributed by atoms with Crippen LogP contribution in [0.4, 0.5) is 0 Å². The van der Waals surface area contributed by atoms with Crippen LogP contribution in [0.1, 0.15) is 44.0 Å². The zero-order valence-corrected chi connectivity index (χ0v) is 13.0. The van der Waals surface area contributed by atoms with Gasteiger partial charge in [0.05, 0.1) is 19.8 Å². The van der Waals surface area contributed by atoms with E-state index in [4.69, 9.17) is 14.6 Å². The van der Waals surface area contributed by atoms with Gasteiger partial charge in [0.2, 0.25) is 0 Å². The van der Waals surface area contributed by atoms with Gasteiger partial charge in [-0.25, -0.2) is 0 Å². The molecule has 0 bridgehead atoms. The third-order valence-electron chi connectivity index (χ3n) is 2.78. The van der Waals surface area contributed by atoms with Gasteiger partial charge in [0.15, 0.2) is 11.5 Å². The van der Waals surface area contributed by atoms with Crippen LogP contribution in [0.25, 0.3) is 0 Å².